The predicted octanol–water partition coefficient (Wildman–Crippen LogP) is 13.9. The van der Waals surface area contributed by atoms with E-state index in [2.05, 4.69) is 43.5 Å². The fraction of sp³-hybridized carbons (Fsp3) is 0.414. The first-order valence-electron chi connectivity index (χ1n) is 49.4. The highest BCUT2D eigenvalue weighted by Crippen LogP contribution is 2.49. The van der Waals surface area contributed by atoms with Gasteiger partial charge in [0, 0.05) is 67.8 Å². The summed E-state index contributed by atoms with van der Waals surface area (Å²) in [6, 6.07) is 27.0. The number of pyridine rings is 8. The molecule has 8 aliphatic heterocycles. The minimum Gasteiger partial charge on any atom is -0.508 e. The molecule has 0 saturated carbocycles. The van der Waals surface area contributed by atoms with E-state index in [0.717, 1.165) is 112 Å². The number of fused-ring (bicyclic) bond motifs is 20. The topological polar surface area (TPSA) is 500 Å². The molecule has 9 N–H and O–H groups in total. The number of cyclic esters (lactones) is 4. The Hall–Kier alpha value is -15.0. The molecule has 0 aliphatic carbocycles. The first-order chi connectivity index (χ1) is 69.0. The Labute approximate surface area is 839 Å². The van der Waals surface area contributed by atoms with E-state index in [0.29, 0.717) is 124 Å². The second kappa shape index (κ2) is 39.2. The van der Waals surface area contributed by atoms with Crippen molar-refractivity contribution in [2.45, 2.75) is 300 Å². The molecule has 0 bridgehead atoms. The van der Waals surface area contributed by atoms with Gasteiger partial charge in [0.1, 0.15) is 66.0 Å². The molecule has 0 spiro atoms. The minimum atomic E-state index is -1.83. The highest BCUT2D eigenvalue weighted by atomic mass is 16.6. The van der Waals surface area contributed by atoms with Gasteiger partial charge < -0.3 is 88.6 Å². The standard InChI is InChI=1S/C32H37N3O6.C26H27N3O5.C23H22N2O4.C22H20N2O5.C8H15NO4/c1-8-19-20-12-17(3)10-11-24(20)34-27-21(19)15-35-25(27)13-23-22(28(35)37)16-40-29(38)32(23,9-2)14-26(36)18(4)33-30(39)41-31(5,6)7;1-4-15-16-8-14(30)6-7-20(16)28-23-17(15)11-29-21(23)9-19-18(24(29)32)12-34-25(33)26(19,5-2)10-22(31)13(3)27;1-4-13-14-8-12(3)6-7-18(14)24-20-15(13)10-25-19(20)9-17-16(21(25)26)11-29-22(27)23(17,28)5-2;1-3-12-13-7-11(25)5-6-17(13)23-19-14(12)9-24-18(19)8-16-15(20(24)26)10-29-21(27)22(16,28)4-2;1-5(6(10)11)9-7(12)13-8(2,3)4/h10-13,18H,8-9,14-16H2,1-7H3,(H,33,39);6-9,13,30H,4-5,10-12,27H2,1-3H3;6-9,28H,4-5,10-11H2,1-3H3;5-8,25,28H,3-4,9-10H2,1-2H3;5H,1-4H3,(H,9,12)(H,10,11)/t18?,32-;13?,26-;23-;22-;/m0000./s1. The molecule has 2 amide bonds. The molecule has 0 saturated heterocycles. The molecule has 8 aromatic heterocycles. The zero-order chi connectivity index (χ0) is 106. The van der Waals surface area contributed by atoms with Crippen molar-refractivity contribution >= 4 is 97.2 Å². The Morgan fingerprint density at radius 3 is 0.966 bits per heavy atom. The number of phenolic OH excluding ortho intramolecular Hbond substituents is 2. The zero-order valence-corrected chi connectivity index (χ0v) is 85.3. The summed E-state index contributed by atoms with van der Waals surface area (Å²) in [5.74, 6) is -3.88. The number of carboxylic acids is 1. The number of phenols is 2. The van der Waals surface area contributed by atoms with Crippen LogP contribution in [-0.2, 0) is 162 Å². The van der Waals surface area contributed by atoms with Gasteiger partial charge in [-0.2, -0.15) is 0 Å². The summed E-state index contributed by atoms with van der Waals surface area (Å²) in [6.45, 7) is 35.2. The Balaban J connectivity index is 0.000000135. The van der Waals surface area contributed by atoms with Gasteiger partial charge in [-0.05, 0) is 246 Å². The van der Waals surface area contributed by atoms with Crippen LogP contribution >= 0.6 is 0 Å². The number of nitrogens with zero attached hydrogens (tertiary/aromatic N) is 8. The maximum Gasteiger partial charge on any atom is 0.408 e. The number of hydrogen-bond acceptors (Lipinski definition) is 28. The van der Waals surface area contributed by atoms with Crippen LogP contribution in [0.25, 0.3) is 89.2 Å². The molecule has 764 valence electrons. The third-order valence-electron chi connectivity index (χ3n) is 29.1. The quantitative estimate of drug-likeness (QED) is 0.0310. The third kappa shape index (κ3) is 18.2. The van der Waals surface area contributed by atoms with Crippen LogP contribution in [0.4, 0.5) is 9.59 Å². The Morgan fingerprint density at radius 2 is 0.678 bits per heavy atom. The highest BCUT2D eigenvalue weighted by molar-refractivity contribution is 5.99. The van der Waals surface area contributed by atoms with E-state index in [1.165, 1.54) is 18.1 Å². The number of aryl methyl sites for hydroxylation is 6. The van der Waals surface area contributed by atoms with Gasteiger partial charge >= 0.3 is 42.0 Å². The molecular formula is C111H121N11O24. The van der Waals surface area contributed by atoms with Crippen molar-refractivity contribution < 1.29 is 97.1 Å². The molecule has 16 heterocycles. The average molecular weight is 1990 g/mol. The van der Waals surface area contributed by atoms with Crippen LogP contribution in [0.2, 0.25) is 0 Å². The summed E-state index contributed by atoms with van der Waals surface area (Å²) in [5.41, 5.74) is 19.6. The molecule has 35 heteroatoms. The maximum absolute atomic E-state index is 13.9. The number of amides is 2. The number of aromatic hydroxyl groups is 2. The summed E-state index contributed by atoms with van der Waals surface area (Å²) in [7, 11) is 0. The molecule has 35 nitrogen and oxygen atoms in total. The third-order valence-corrected chi connectivity index (χ3v) is 29.1. The number of carbonyl (C=O) groups is 9. The molecule has 146 heavy (non-hydrogen) atoms. The van der Waals surface area contributed by atoms with Crippen LogP contribution in [0.1, 0.15) is 256 Å². The number of aromatic nitrogens is 8. The van der Waals surface area contributed by atoms with E-state index < -0.39 is 93.4 Å². The predicted molar refractivity (Wildman–Crippen MR) is 542 cm³/mol. The van der Waals surface area contributed by atoms with Gasteiger partial charge in [0.2, 0.25) is 0 Å². The van der Waals surface area contributed by atoms with E-state index in [4.69, 9.17) is 59.2 Å². The highest BCUT2D eigenvalue weighted by Gasteiger charge is 2.53. The van der Waals surface area contributed by atoms with E-state index in [1.807, 2.05) is 64.1 Å². The summed E-state index contributed by atoms with van der Waals surface area (Å²) >= 11 is 0. The second-order valence-corrected chi connectivity index (χ2v) is 40.5. The van der Waals surface area contributed by atoms with Gasteiger partial charge in [-0.25, -0.2) is 39.1 Å². The zero-order valence-electron chi connectivity index (χ0n) is 85.3. The number of aliphatic hydroxyl groups is 2. The van der Waals surface area contributed by atoms with Crippen molar-refractivity contribution in [3.63, 3.8) is 0 Å². The molecule has 4 aromatic carbocycles. The molecule has 12 aromatic rings. The van der Waals surface area contributed by atoms with Crippen molar-refractivity contribution in [2.24, 2.45) is 5.73 Å². The number of esters is 4. The number of nitrogens with one attached hydrogen (secondary N) is 2. The lowest BCUT2D eigenvalue weighted by Crippen LogP contribution is -2.49. The van der Waals surface area contributed by atoms with Crippen LogP contribution in [0.3, 0.4) is 0 Å². The van der Waals surface area contributed by atoms with Crippen molar-refractivity contribution in [3.05, 3.63) is 239 Å². The molecule has 8 aliphatic rings. The number of aliphatic carboxylic acids is 1. The first kappa shape index (κ1) is 104. The minimum absolute atomic E-state index is 0.110. The van der Waals surface area contributed by atoms with Crippen molar-refractivity contribution in [3.8, 4) is 57.1 Å². The lowest BCUT2D eigenvalue weighted by molar-refractivity contribution is -0.172. The van der Waals surface area contributed by atoms with Crippen LogP contribution in [0.15, 0.2) is 116 Å². The van der Waals surface area contributed by atoms with Gasteiger partial charge in [-0.3, -0.25) is 43.2 Å². The smallest absolute Gasteiger partial charge is 0.408 e. The lowest BCUT2D eigenvalue weighted by atomic mass is 9.70. The van der Waals surface area contributed by atoms with E-state index in [1.54, 1.807) is 143 Å². The molecular weight excluding hydrogens is 1870 g/mol. The van der Waals surface area contributed by atoms with Gasteiger partial charge in [-0.1, -0.05) is 78.6 Å². The number of ether oxygens (including phenoxy) is 6. The monoisotopic (exact) mass is 1990 g/mol. The number of carbonyl (C=O) groups excluding carboxylic acids is 8. The van der Waals surface area contributed by atoms with E-state index in [9.17, 15) is 82.8 Å². The van der Waals surface area contributed by atoms with Crippen LogP contribution < -0.4 is 38.6 Å². The fourth-order valence-corrected chi connectivity index (χ4v) is 21.2. The normalized spacial score (nSPS) is 18.6. The van der Waals surface area contributed by atoms with Crippen LogP contribution in [-0.4, -0.2) is 147 Å². The van der Waals surface area contributed by atoms with Gasteiger partial charge in [0.05, 0.1) is 128 Å². The number of alkyl carbamates (subject to hydrolysis) is 2. The molecule has 3 unspecified atom stereocenters. The average Bonchev–Trinajstić information content (AvgIpc) is 1.53. The molecule has 0 fully saturated rings. The summed E-state index contributed by atoms with van der Waals surface area (Å²) in [6.07, 6.45) is 2.04. The number of nitrogens with two attached hydrogens (primary N) is 1. The number of hydrogen-bond donors (Lipinski definition) is 8. The van der Waals surface area contributed by atoms with E-state index in [-0.39, 0.29) is 104 Å². The Bertz CT molecular complexity index is 7650. The van der Waals surface area contributed by atoms with Gasteiger partial charge in [0.25, 0.3) is 22.2 Å². The first-order valence-corrected chi connectivity index (χ1v) is 49.4. The maximum atomic E-state index is 13.9. The van der Waals surface area contributed by atoms with Crippen molar-refractivity contribution in [1.82, 2.24) is 48.8 Å². The Morgan fingerprint density at radius 1 is 0.397 bits per heavy atom. The van der Waals surface area contributed by atoms with Crippen LogP contribution in [0.5, 0.6) is 11.5 Å². The van der Waals surface area contributed by atoms with Gasteiger partial charge in [-0.15, -0.1) is 0 Å². The lowest BCUT2D eigenvalue weighted by Gasteiger charge is -2.36. The Kier molecular flexibility index (Phi) is 27.9. The van der Waals surface area contributed by atoms with Crippen molar-refractivity contribution in [2.75, 3.05) is 0 Å². The summed E-state index contributed by atoms with van der Waals surface area (Å²) in [4.78, 5) is 184. The second-order valence-electron chi connectivity index (χ2n) is 40.5. The number of ketones is 2. The number of Topliss-reactive ketones (excluding diaryl/α,β-unsaturated/α-hetero) is 2. The van der Waals surface area contributed by atoms with Gasteiger partial charge in [0.15, 0.2) is 22.8 Å². The van der Waals surface area contributed by atoms with Crippen molar-refractivity contribution in [1.29, 1.82) is 0 Å². The fourth-order valence-electron chi connectivity index (χ4n) is 21.2. The summed E-state index contributed by atoms with van der Waals surface area (Å²) in [5, 5.41) is 58.9. The number of benzene rings is 4. The van der Waals surface area contributed by atoms with Crippen LogP contribution in [0, 0.1) is 13.8 Å². The molecule has 7 atom stereocenters. The largest absolute Gasteiger partial charge is 0.508 e. The SMILES string of the molecule is CC(NC(=O)OC(C)(C)C)C(=O)O.CCc1c2c(nc3ccc(C)cc13)-c1cc3c(c(=O)n1C2)COC(=O)[C@@]3(CC)CC(=O)C(C)NC(=O)OC(C)(C)C.CCc1c2c(nc3ccc(C)cc13)-c1cc3c(c(=O)n1C2)COC(=O)[C@]3(O)CC.CCc1c2c(nc3ccc(O)cc13)-c1cc3c(c(=O)n1C2)COC(=O)[C@@]3(CC)CC(=O)C(C)N.CCc1c2c(nc3ccc(O)cc13)-c1cc3c(c(=O)n1C2)COC(=O)[C@]3(O)CC. The molecule has 0 radical (unpaired) electrons. The number of rotatable bonds is 17. The van der Waals surface area contributed by atoms with E-state index >= 15 is 0 Å². The molecule has 20 rings (SSSR count). The number of carboxylic acid groups (broad SMARTS) is 1. The summed E-state index contributed by atoms with van der Waals surface area (Å²) < 4.78 is 38.0.